The number of ether oxygens (including phenoxy) is 2. The normalized spacial score (nSPS) is 11.0. The molecule has 26 heavy (non-hydrogen) atoms. The van der Waals surface area contributed by atoms with E-state index in [4.69, 9.17) is 9.47 Å². The fraction of sp³-hybridized carbons (Fsp3) is 0.263. The van der Waals surface area contributed by atoms with Crippen LogP contribution in [0.25, 0.3) is 5.69 Å². The molecule has 5 nitrogen and oxygen atoms in total. The van der Waals surface area contributed by atoms with Crippen LogP contribution < -0.4 is 9.47 Å². The lowest BCUT2D eigenvalue weighted by atomic mass is 10.3. The summed E-state index contributed by atoms with van der Waals surface area (Å²) in [4.78, 5) is 4.25. The molecule has 1 aromatic carbocycles. The molecule has 2 aromatic heterocycles. The summed E-state index contributed by atoms with van der Waals surface area (Å²) < 4.78 is 40.8. The predicted octanol–water partition coefficient (Wildman–Crippen LogP) is 4.74. The summed E-state index contributed by atoms with van der Waals surface area (Å²) in [7, 11) is 0. The zero-order valence-electron chi connectivity index (χ0n) is 15.0. The molecular formula is C19H19F2N3O2. The summed E-state index contributed by atoms with van der Waals surface area (Å²) in [5, 5.41) is 4.39. The first-order valence-corrected chi connectivity index (χ1v) is 8.18. The molecular weight excluding hydrogens is 340 g/mol. The van der Waals surface area contributed by atoms with Crippen molar-refractivity contribution in [2.75, 3.05) is 0 Å². The van der Waals surface area contributed by atoms with E-state index in [1.807, 2.05) is 32.9 Å². The number of rotatable bonds is 5. The average molecular weight is 359 g/mol. The van der Waals surface area contributed by atoms with Gasteiger partial charge in [0.05, 0.1) is 23.7 Å². The molecule has 3 rings (SSSR count). The second-order valence-electron chi connectivity index (χ2n) is 6.11. The van der Waals surface area contributed by atoms with E-state index < -0.39 is 17.4 Å². The molecule has 2 heterocycles. The van der Waals surface area contributed by atoms with Crippen molar-refractivity contribution in [3.63, 3.8) is 0 Å². The number of hydrogen-bond acceptors (Lipinski definition) is 4. The summed E-state index contributed by atoms with van der Waals surface area (Å²) in [5.74, 6) is -1.79. The minimum atomic E-state index is -0.801. The fourth-order valence-electron chi connectivity index (χ4n) is 2.40. The van der Waals surface area contributed by atoms with E-state index in [0.29, 0.717) is 11.4 Å². The van der Waals surface area contributed by atoms with Crippen molar-refractivity contribution >= 4 is 0 Å². The highest BCUT2D eigenvalue weighted by atomic mass is 19.1. The Kier molecular flexibility index (Phi) is 4.88. The zero-order chi connectivity index (χ0) is 18.8. The molecule has 0 bridgehead atoms. The van der Waals surface area contributed by atoms with Gasteiger partial charge in [-0.25, -0.2) is 13.5 Å². The van der Waals surface area contributed by atoms with Crippen molar-refractivity contribution in [3.8, 4) is 23.1 Å². The Morgan fingerprint density at radius 2 is 1.69 bits per heavy atom. The van der Waals surface area contributed by atoms with Gasteiger partial charge < -0.3 is 9.47 Å². The lowest BCUT2D eigenvalue weighted by Gasteiger charge is -2.11. The van der Waals surface area contributed by atoms with Crippen LogP contribution in [0.2, 0.25) is 0 Å². The van der Waals surface area contributed by atoms with Crippen LogP contribution in [-0.4, -0.2) is 20.9 Å². The van der Waals surface area contributed by atoms with Gasteiger partial charge in [0.25, 0.3) is 5.88 Å². The molecule has 3 aromatic rings. The van der Waals surface area contributed by atoms with Gasteiger partial charge in [-0.1, -0.05) is 6.07 Å². The average Bonchev–Trinajstić information content (AvgIpc) is 2.87. The smallest absolute Gasteiger partial charge is 0.277 e. The molecule has 0 saturated carbocycles. The van der Waals surface area contributed by atoms with E-state index >= 15 is 0 Å². The molecule has 136 valence electrons. The largest absolute Gasteiger partial charge is 0.471 e. The molecule has 0 amide bonds. The van der Waals surface area contributed by atoms with Gasteiger partial charge in [0, 0.05) is 5.69 Å². The summed E-state index contributed by atoms with van der Waals surface area (Å²) >= 11 is 0. The van der Waals surface area contributed by atoms with E-state index in [-0.39, 0.29) is 17.7 Å². The van der Waals surface area contributed by atoms with Gasteiger partial charge in [-0.05, 0) is 52.0 Å². The van der Waals surface area contributed by atoms with Crippen LogP contribution in [-0.2, 0) is 0 Å². The number of nitrogens with zero attached hydrogens (tertiary/aromatic N) is 3. The van der Waals surface area contributed by atoms with Gasteiger partial charge in [0.2, 0.25) is 5.75 Å². The number of para-hydroxylation sites is 1. The number of benzene rings is 1. The maximum atomic E-state index is 14.0. The lowest BCUT2D eigenvalue weighted by Crippen LogP contribution is -2.07. The molecule has 0 aliphatic heterocycles. The topological polar surface area (TPSA) is 49.2 Å². The van der Waals surface area contributed by atoms with Crippen molar-refractivity contribution in [1.82, 2.24) is 14.8 Å². The van der Waals surface area contributed by atoms with Gasteiger partial charge in [-0.15, -0.1) is 5.10 Å². The third-order valence-electron chi connectivity index (χ3n) is 3.64. The lowest BCUT2D eigenvalue weighted by molar-refractivity contribution is 0.222. The first-order chi connectivity index (χ1) is 12.4. The second kappa shape index (κ2) is 7.11. The van der Waals surface area contributed by atoms with Gasteiger partial charge in [0.1, 0.15) is 0 Å². The van der Waals surface area contributed by atoms with Crippen molar-refractivity contribution in [1.29, 1.82) is 0 Å². The minimum Gasteiger partial charge on any atom is -0.471 e. The Hall–Kier alpha value is -2.96. The summed E-state index contributed by atoms with van der Waals surface area (Å²) in [6.45, 7) is 7.27. The Balaban J connectivity index is 2.09. The first kappa shape index (κ1) is 17.8. The van der Waals surface area contributed by atoms with Crippen LogP contribution in [0.5, 0.6) is 17.4 Å². The van der Waals surface area contributed by atoms with Gasteiger partial charge in [-0.3, -0.25) is 4.98 Å². The number of aryl methyl sites for hydroxylation is 1. The highest BCUT2D eigenvalue weighted by Gasteiger charge is 2.23. The van der Waals surface area contributed by atoms with E-state index in [9.17, 15) is 8.78 Å². The molecule has 0 aliphatic rings. The number of aromatic nitrogens is 3. The standard InChI is InChI=1S/C19H19F2N3O2/c1-11(2)25-19-17(26-18-15(20)6-5-7-16(18)21)13(4)24(23-19)14-9-8-12(3)22-10-14/h5-11H,1-4H3. The number of hydrogen-bond donors (Lipinski definition) is 0. The van der Waals surface area contributed by atoms with Gasteiger partial charge in [-0.2, -0.15) is 0 Å². The third-order valence-corrected chi connectivity index (χ3v) is 3.64. The van der Waals surface area contributed by atoms with Crippen LogP contribution in [0, 0.1) is 25.5 Å². The summed E-state index contributed by atoms with van der Waals surface area (Å²) in [6.07, 6.45) is 1.46. The maximum absolute atomic E-state index is 14.0. The van der Waals surface area contributed by atoms with Crippen LogP contribution >= 0.6 is 0 Å². The second-order valence-corrected chi connectivity index (χ2v) is 6.11. The van der Waals surface area contributed by atoms with Crippen molar-refractivity contribution in [2.45, 2.75) is 33.8 Å². The highest BCUT2D eigenvalue weighted by Crippen LogP contribution is 2.38. The van der Waals surface area contributed by atoms with Crippen molar-refractivity contribution < 1.29 is 18.3 Å². The molecule has 0 N–H and O–H groups in total. The molecule has 0 spiro atoms. The van der Waals surface area contributed by atoms with Crippen LogP contribution in [0.3, 0.4) is 0 Å². The Labute approximate surface area is 150 Å². The minimum absolute atomic E-state index is 0.153. The number of pyridine rings is 1. The SMILES string of the molecule is Cc1ccc(-n2nc(OC(C)C)c(Oc3c(F)cccc3F)c2C)cn1. The van der Waals surface area contributed by atoms with E-state index in [0.717, 1.165) is 17.8 Å². The monoisotopic (exact) mass is 359 g/mol. The summed E-state index contributed by atoms with van der Waals surface area (Å²) in [5.41, 5.74) is 2.08. The molecule has 7 heteroatoms. The fourth-order valence-corrected chi connectivity index (χ4v) is 2.40. The molecule has 0 unspecified atom stereocenters. The van der Waals surface area contributed by atoms with E-state index in [1.165, 1.54) is 6.07 Å². The Morgan fingerprint density at radius 1 is 1.00 bits per heavy atom. The molecule has 0 fully saturated rings. The molecule has 0 radical (unpaired) electrons. The zero-order valence-corrected chi connectivity index (χ0v) is 15.0. The van der Waals surface area contributed by atoms with Crippen LogP contribution in [0.4, 0.5) is 8.78 Å². The third kappa shape index (κ3) is 3.51. The van der Waals surface area contributed by atoms with E-state index in [2.05, 4.69) is 10.1 Å². The Bertz CT molecular complexity index is 901. The van der Waals surface area contributed by atoms with Crippen LogP contribution in [0.15, 0.2) is 36.5 Å². The van der Waals surface area contributed by atoms with Crippen molar-refractivity contribution in [2.24, 2.45) is 0 Å². The number of halogens is 2. The van der Waals surface area contributed by atoms with Crippen molar-refractivity contribution in [3.05, 3.63) is 59.6 Å². The quantitative estimate of drug-likeness (QED) is 0.660. The summed E-state index contributed by atoms with van der Waals surface area (Å²) in [6, 6.07) is 7.22. The first-order valence-electron chi connectivity index (χ1n) is 8.18. The van der Waals surface area contributed by atoms with Crippen LogP contribution in [0.1, 0.15) is 25.2 Å². The molecule has 0 atom stereocenters. The van der Waals surface area contributed by atoms with E-state index in [1.54, 1.807) is 17.8 Å². The predicted molar refractivity (Wildman–Crippen MR) is 93.0 cm³/mol. The van der Waals surface area contributed by atoms with Gasteiger partial charge >= 0.3 is 0 Å². The highest BCUT2D eigenvalue weighted by molar-refractivity contribution is 5.46. The molecule has 0 saturated heterocycles. The van der Waals surface area contributed by atoms with Gasteiger partial charge in [0.15, 0.2) is 17.4 Å². The maximum Gasteiger partial charge on any atom is 0.277 e. The molecule has 0 aliphatic carbocycles. The Morgan fingerprint density at radius 3 is 2.27 bits per heavy atom.